The third kappa shape index (κ3) is 2.32. The van der Waals surface area contributed by atoms with Gasteiger partial charge in [0.2, 0.25) is 0 Å². The molecular weight excluding hydrogens is 192 g/mol. The third-order valence-electron chi connectivity index (χ3n) is 2.81. The first-order valence-corrected chi connectivity index (χ1v) is 5.34. The van der Waals surface area contributed by atoms with Crippen LogP contribution in [-0.4, -0.2) is 30.1 Å². The number of nitrogens with one attached hydrogen (secondary N) is 1. The zero-order valence-electron chi connectivity index (χ0n) is 8.90. The van der Waals surface area contributed by atoms with Crippen LogP contribution in [0.2, 0.25) is 0 Å². The molecule has 1 aromatic rings. The van der Waals surface area contributed by atoms with E-state index < -0.39 is 0 Å². The molecule has 1 unspecified atom stereocenters. The summed E-state index contributed by atoms with van der Waals surface area (Å²) in [5.74, 6) is 0.987. The van der Waals surface area contributed by atoms with E-state index in [2.05, 4.69) is 12.2 Å². The van der Waals surface area contributed by atoms with E-state index in [1.54, 1.807) is 6.26 Å². The van der Waals surface area contributed by atoms with Crippen LogP contribution in [0.5, 0.6) is 0 Å². The van der Waals surface area contributed by atoms with Crippen molar-refractivity contribution in [2.75, 3.05) is 13.1 Å². The topological polar surface area (TPSA) is 45.5 Å². The molecule has 15 heavy (non-hydrogen) atoms. The second kappa shape index (κ2) is 4.38. The highest BCUT2D eigenvalue weighted by Gasteiger charge is 2.24. The van der Waals surface area contributed by atoms with Gasteiger partial charge in [-0.2, -0.15) is 0 Å². The first-order valence-electron chi connectivity index (χ1n) is 5.34. The van der Waals surface area contributed by atoms with Crippen LogP contribution in [0, 0.1) is 0 Å². The molecule has 0 aliphatic carbocycles. The summed E-state index contributed by atoms with van der Waals surface area (Å²) in [5.41, 5.74) is 0. The average molecular weight is 208 g/mol. The number of carbonyl (C=O) groups is 1. The normalized spacial score (nSPS) is 17.9. The smallest absolute Gasteiger partial charge is 0.317 e. The van der Waals surface area contributed by atoms with E-state index in [1.807, 2.05) is 17.0 Å². The molecule has 4 nitrogen and oxygen atoms in total. The summed E-state index contributed by atoms with van der Waals surface area (Å²) in [6.07, 6.45) is 3.52. The average Bonchev–Trinajstić information content (AvgIpc) is 2.84. The summed E-state index contributed by atoms with van der Waals surface area (Å²) in [6, 6.07) is 4.19. The molecule has 2 amide bonds. The Morgan fingerprint density at radius 2 is 2.53 bits per heavy atom. The summed E-state index contributed by atoms with van der Waals surface area (Å²) in [4.78, 5) is 13.2. The van der Waals surface area contributed by atoms with Crippen molar-refractivity contribution in [1.29, 1.82) is 0 Å². The Hall–Kier alpha value is -1.45. The van der Waals surface area contributed by atoms with Crippen molar-refractivity contribution in [2.24, 2.45) is 0 Å². The molecule has 1 saturated heterocycles. The van der Waals surface area contributed by atoms with Gasteiger partial charge in [0.1, 0.15) is 5.76 Å². The van der Waals surface area contributed by atoms with Gasteiger partial charge in [0.05, 0.1) is 6.26 Å². The Bertz CT molecular complexity index is 321. The molecule has 82 valence electrons. The molecule has 0 aromatic carbocycles. The Balaban J connectivity index is 1.82. The van der Waals surface area contributed by atoms with E-state index in [9.17, 15) is 4.79 Å². The van der Waals surface area contributed by atoms with Gasteiger partial charge in [-0.1, -0.05) is 0 Å². The second-order valence-corrected chi connectivity index (χ2v) is 3.89. The number of carbonyl (C=O) groups excluding carboxylic acids is 1. The molecule has 1 aliphatic rings. The number of hydrogen-bond donors (Lipinski definition) is 1. The molecule has 1 fully saturated rings. The first kappa shape index (κ1) is 10.1. The van der Waals surface area contributed by atoms with Gasteiger partial charge < -0.3 is 14.6 Å². The number of hydrogen-bond acceptors (Lipinski definition) is 2. The largest absolute Gasteiger partial charge is 0.469 e. The molecule has 1 atom stereocenters. The summed E-state index contributed by atoms with van der Waals surface area (Å²) in [5, 5.41) is 2.81. The molecule has 2 rings (SSSR count). The molecule has 1 aromatic heterocycles. The van der Waals surface area contributed by atoms with Crippen LogP contribution in [0.1, 0.15) is 19.1 Å². The molecule has 0 spiro atoms. The number of furan rings is 1. The number of aryl methyl sites for hydroxylation is 1. The van der Waals surface area contributed by atoms with E-state index in [-0.39, 0.29) is 12.1 Å². The molecule has 0 saturated carbocycles. The maximum atomic E-state index is 11.4. The van der Waals surface area contributed by atoms with Crippen molar-refractivity contribution >= 4 is 6.03 Å². The minimum absolute atomic E-state index is 0.0574. The van der Waals surface area contributed by atoms with Crippen LogP contribution in [-0.2, 0) is 6.42 Å². The summed E-state index contributed by atoms with van der Waals surface area (Å²) < 4.78 is 5.25. The number of rotatable bonds is 4. The van der Waals surface area contributed by atoms with E-state index in [0.29, 0.717) is 0 Å². The van der Waals surface area contributed by atoms with Gasteiger partial charge in [-0.15, -0.1) is 0 Å². The third-order valence-corrected chi connectivity index (χ3v) is 2.81. The SMILES string of the molecule is CC(CCc1ccco1)N1CCNC1=O. The van der Waals surface area contributed by atoms with Crippen LogP contribution in [0.25, 0.3) is 0 Å². The summed E-state index contributed by atoms with van der Waals surface area (Å²) in [7, 11) is 0. The van der Waals surface area contributed by atoms with Crippen molar-refractivity contribution in [3.05, 3.63) is 24.2 Å². The lowest BCUT2D eigenvalue weighted by molar-refractivity contribution is 0.198. The van der Waals surface area contributed by atoms with Crippen LogP contribution >= 0.6 is 0 Å². The van der Waals surface area contributed by atoms with Gasteiger partial charge in [-0.25, -0.2) is 4.79 Å². The van der Waals surface area contributed by atoms with Gasteiger partial charge in [0.15, 0.2) is 0 Å². The van der Waals surface area contributed by atoms with E-state index in [0.717, 1.165) is 31.7 Å². The highest BCUT2D eigenvalue weighted by molar-refractivity contribution is 5.76. The minimum atomic E-state index is 0.0574. The monoisotopic (exact) mass is 208 g/mol. The fourth-order valence-corrected chi connectivity index (χ4v) is 1.87. The lowest BCUT2D eigenvalue weighted by Gasteiger charge is -2.22. The Morgan fingerprint density at radius 1 is 1.67 bits per heavy atom. The molecule has 0 radical (unpaired) electrons. The van der Waals surface area contributed by atoms with Crippen molar-refractivity contribution in [2.45, 2.75) is 25.8 Å². The fraction of sp³-hybridized carbons (Fsp3) is 0.545. The Kier molecular flexibility index (Phi) is 2.94. The van der Waals surface area contributed by atoms with Crippen LogP contribution in [0.15, 0.2) is 22.8 Å². The van der Waals surface area contributed by atoms with Gasteiger partial charge in [0.25, 0.3) is 0 Å². The van der Waals surface area contributed by atoms with Crippen molar-refractivity contribution in [1.82, 2.24) is 10.2 Å². The van der Waals surface area contributed by atoms with Crippen LogP contribution < -0.4 is 5.32 Å². The highest BCUT2D eigenvalue weighted by atomic mass is 16.3. The standard InChI is InChI=1S/C11H16N2O2/c1-9(13-7-6-12-11(13)14)4-5-10-3-2-8-15-10/h2-3,8-9H,4-7H2,1H3,(H,12,14). The quantitative estimate of drug-likeness (QED) is 0.817. The Labute approximate surface area is 89.2 Å². The second-order valence-electron chi connectivity index (χ2n) is 3.89. The van der Waals surface area contributed by atoms with E-state index in [4.69, 9.17) is 4.42 Å². The Morgan fingerprint density at radius 3 is 3.13 bits per heavy atom. The van der Waals surface area contributed by atoms with Gasteiger partial charge in [-0.3, -0.25) is 0 Å². The van der Waals surface area contributed by atoms with Crippen LogP contribution in [0.3, 0.4) is 0 Å². The summed E-state index contributed by atoms with van der Waals surface area (Å²) in [6.45, 7) is 3.66. The van der Waals surface area contributed by atoms with Gasteiger partial charge >= 0.3 is 6.03 Å². The number of amides is 2. The zero-order valence-corrected chi connectivity index (χ0v) is 8.90. The lowest BCUT2D eigenvalue weighted by atomic mass is 10.1. The van der Waals surface area contributed by atoms with Crippen LogP contribution in [0.4, 0.5) is 4.79 Å². The molecule has 1 aliphatic heterocycles. The maximum Gasteiger partial charge on any atom is 0.317 e. The molecule has 2 heterocycles. The molecule has 0 bridgehead atoms. The minimum Gasteiger partial charge on any atom is -0.469 e. The van der Waals surface area contributed by atoms with E-state index >= 15 is 0 Å². The fourth-order valence-electron chi connectivity index (χ4n) is 1.87. The predicted molar refractivity (Wildman–Crippen MR) is 56.6 cm³/mol. The zero-order chi connectivity index (χ0) is 10.7. The van der Waals surface area contributed by atoms with Gasteiger partial charge in [-0.05, 0) is 25.5 Å². The number of nitrogens with zero attached hydrogens (tertiary/aromatic N) is 1. The first-order chi connectivity index (χ1) is 7.27. The lowest BCUT2D eigenvalue weighted by Crippen LogP contribution is -2.36. The van der Waals surface area contributed by atoms with Crippen molar-refractivity contribution < 1.29 is 9.21 Å². The number of urea groups is 1. The molecular formula is C11H16N2O2. The highest BCUT2D eigenvalue weighted by Crippen LogP contribution is 2.12. The van der Waals surface area contributed by atoms with E-state index in [1.165, 1.54) is 0 Å². The maximum absolute atomic E-state index is 11.4. The van der Waals surface area contributed by atoms with Crippen molar-refractivity contribution in [3.63, 3.8) is 0 Å². The van der Waals surface area contributed by atoms with Crippen molar-refractivity contribution in [3.8, 4) is 0 Å². The molecule has 1 N–H and O–H groups in total. The predicted octanol–water partition coefficient (Wildman–Crippen LogP) is 1.63. The molecule has 4 heteroatoms. The summed E-state index contributed by atoms with van der Waals surface area (Å²) >= 11 is 0. The van der Waals surface area contributed by atoms with Gasteiger partial charge in [0, 0.05) is 25.6 Å².